The van der Waals surface area contributed by atoms with Gasteiger partial charge in [0.15, 0.2) is 0 Å². The van der Waals surface area contributed by atoms with Crippen molar-refractivity contribution in [1.82, 2.24) is 9.55 Å². The fourth-order valence-electron chi connectivity index (χ4n) is 0.964. The molecule has 3 nitrogen and oxygen atoms in total. The van der Waals surface area contributed by atoms with Crippen LogP contribution in [0.1, 0.15) is 27.2 Å². The number of nitrogen functional groups attached to an aromatic ring is 1. The number of aromatic nitrogens is 2. The molecule has 3 heteroatoms. The summed E-state index contributed by atoms with van der Waals surface area (Å²) in [7, 11) is 0. The summed E-state index contributed by atoms with van der Waals surface area (Å²) in [5, 5.41) is 0. The Morgan fingerprint density at radius 1 is 1.50 bits per heavy atom. The minimum atomic E-state index is 0.374. The third-order valence-corrected chi connectivity index (χ3v) is 1.77. The summed E-state index contributed by atoms with van der Waals surface area (Å²) in [5.41, 5.74) is 5.86. The molecule has 1 aromatic rings. The van der Waals surface area contributed by atoms with Crippen molar-refractivity contribution in [1.29, 1.82) is 0 Å². The van der Waals surface area contributed by atoms with Gasteiger partial charge >= 0.3 is 0 Å². The van der Waals surface area contributed by atoms with Gasteiger partial charge in [-0.05, 0) is 11.8 Å². The molecule has 1 rings (SSSR count). The third kappa shape index (κ3) is 2.95. The highest BCUT2D eigenvalue weighted by Gasteiger charge is 2.09. The number of hydrogen-bond donors (Lipinski definition) is 1. The minimum Gasteiger partial charge on any atom is -0.382 e. The molecule has 0 saturated carbocycles. The van der Waals surface area contributed by atoms with Gasteiger partial charge < -0.3 is 10.3 Å². The first kappa shape index (κ1) is 9.10. The van der Waals surface area contributed by atoms with Crippen LogP contribution in [0.25, 0.3) is 0 Å². The molecule has 0 unspecified atom stereocenters. The van der Waals surface area contributed by atoms with Crippen LogP contribution in [-0.4, -0.2) is 9.55 Å². The summed E-state index contributed by atoms with van der Waals surface area (Å²) < 4.78 is 2.03. The van der Waals surface area contributed by atoms with Crippen molar-refractivity contribution in [3.05, 3.63) is 12.5 Å². The maximum Gasteiger partial charge on any atom is 0.141 e. The highest BCUT2D eigenvalue weighted by Crippen LogP contribution is 2.19. The van der Waals surface area contributed by atoms with E-state index in [0.717, 1.165) is 13.0 Å². The summed E-state index contributed by atoms with van der Waals surface area (Å²) in [6.45, 7) is 7.68. The molecule has 0 aliphatic carbocycles. The standard InChI is InChI=1S/C9H17N3/c1-9(2,3)4-5-12-6-8(10)11-7-12/h6-7H,4-5,10H2,1-3H3. The average molecular weight is 167 g/mol. The van der Waals surface area contributed by atoms with E-state index in [9.17, 15) is 0 Å². The van der Waals surface area contributed by atoms with E-state index >= 15 is 0 Å². The largest absolute Gasteiger partial charge is 0.382 e. The lowest BCUT2D eigenvalue weighted by molar-refractivity contribution is 0.350. The Hall–Kier alpha value is -0.990. The number of nitrogens with two attached hydrogens (primary N) is 1. The number of nitrogens with zero attached hydrogens (tertiary/aromatic N) is 2. The van der Waals surface area contributed by atoms with E-state index in [2.05, 4.69) is 25.8 Å². The predicted molar refractivity (Wildman–Crippen MR) is 50.7 cm³/mol. The molecule has 0 fully saturated rings. The molecule has 0 atom stereocenters. The van der Waals surface area contributed by atoms with E-state index in [-0.39, 0.29) is 0 Å². The van der Waals surface area contributed by atoms with E-state index in [1.807, 2.05) is 10.8 Å². The molecular formula is C9H17N3. The zero-order valence-electron chi connectivity index (χ0n) is 8.04. The summed E-state index contributed by atoms with van der Waals surface area (Å²) >= 11 is 0. The summed E-state index contributed by atoms with van der Waals surface area (Å²) in [5.74, 6) is 0.601. The molecule has 0 bridgehead atoms. The Labute approximate surface area is 73.6 Å². The maximum absolute atomic E-state index is 5.49. The lowest BCUT2D eigenvalue weighted by Gasteiger charge is -2.17. The van der Waals surface area contributed by atoms with Crippen molar-refractivity contribution in [3.63, 3.8) is 0 Å². The molecule has 0 saturated heterocycles. The lowest BCUT2D eigenvalue weighted by atomic mass is 9.92. The molecule has 1 heterocycles. The first-order valence-electron chi connectivity index (χ1n) is 4.25. The number of rotatable bonds is 2. The topological polar surface area (TPSA) is 43.8 Å². The van der Waals surface area contributed by atoms with Crippen LogP contribution in [0.15, 0.2) is 12.5 Å². The molecule has 0 aromatic carbocycles. The zero-order valence-corrected chi connectivity index (χ0v) is 8.04. The van der Waals surface area contributed by atoms with Crippen LogP contribution in [0.2, 0.25) is 0 Å². The lowest BCUT2D eigenvalue weighted by Crippen LogP contribution is -2.09. The number of hydrogen-bond acceptors (Lipinski definition) is 2. The van der Waals surface area contributed by atoms with E-state index in [1.54, 1.807) is 6.33 Å². The van der Waals surface area contributed by atoms with Crippen LogP contribution in [0.4, 0.5) is 5.82 Å². The third-order valence-electron chi connectivity index (χ3n) is 1.77. The molecule has 0 aliphatic heterocycles. The van der Waals surface area contributed by atoms with Crippen LogP contribution in [-0.2, 0) is 6.54 Å². The Morgan fingerprint density at radius 3 is 2.58 bits per heavy atom. The molecule has 0 amide bonds. The molecule has 2 N–H and O–H groups in total. The highest BCUT2D eigenvalue weighted by atomic mass is 15.1. The maximum atomic E-state index is 5.49. The van der Waals surface area contributed by atoms with Gasteiger partial charge in [0.1, 0.15) is 5.82 Å². The van der Waals surface area contributed by atoms with E-state index in [4.69, 9.17) is 5.73 Å². The van der Waals surface area contributed by atoms with Crippen molar-refractivity contribution in [2.24, 2.45) is 5.41 Å². The molecule has 12 heavy (non-hydrogen) atoms. The first-order valence-corrected chi connectivity index (χ1v) is 4.25. The van der Waals surface area contributed by atoms with Crippen LogP contribution >= 0.6 is 0 Å². The molecule has 1 aromatic heterocycles. The van der Waals surface area contributed by atoms with E-state index < -0.39 is 0 Å². The molecule has 0 radical (unpaired) electrons. The van der Waals surface area contributed by atoms with Crippen LogP contribution in [0.5, 0.6) is 0 Å². The van der Waals surface area contributed by atoms with E-state index in [1.165, 1.54) is 0 Å². The van der Waals surface area contributed by atoms with Crippen molar-refractivity contribution >= 4 is 5.82 Å². The Kier molecular flexibility index (Phi) is 2.40. The smallest absolute Gasteiger partial charge is 0.141 e. The molecule has 68 valence electrons. The number of anilines is 1. The van der Waals surface area contributed by atoms with E-state index in [0.29, 0.717) is 11.2 Å². The molecular weight excluding hydrogens is 150 g/mol. The van der Waals surface area contributed by atoms with Crippen LogP contribution < -0.4 is 5.73 Å². The van der Waals surface area contributed by atoms with Crippen LogP contribution in [0, 0.1) is 5.41 Å². The summed E-state index contributed by atoms with van der Waals surface area (Å²) in [6, 6.07) is 0. The Morgan fingerprint density at radius 2 is 2.17 bits per heavy atom. The fraction of sp³-hybridized carbons (Fsp3) is 0.667. The second-order valence-corrected chi connectivity index (χ2v) is 4.35. The van der Waals surface area contributed by atoms with Crippen LogP contribution in [0.3, 0.4) is 0 Å². The summed E-state index contributed by atoms with van der Waals surface area (Å²) in [4.78, 5) is 3.96. The quantitative estimate of drug-likeness (QED) is 0.731. The fourth-order valence-corrected chi connectivity index (χ4v) is 0.964. The van der Waals surface area contributed by atoms with Crippen molar-refractivity contribution in [2.75, 3.05) is 5.73 Å². The Balaban J connectivity index is 2.44. The SMILES string of the molecule is CC(C)(C)CCn1cnc(N)c1. The normalized spacial score (nSPS) is 11.9. The van der Waals surface area contributed by atoms with Gasteiger partial charge in [0.05, 0.1) is 6.33 Å². The second kappa shape index (κ2) is 3.17. The van der Waals surface area contributed by atoms with Gasteiger partial charge in [0, 0.05) is 12.7 Å². The Bertz CT molecular complexity index is 245. The van der Waals surface area contributed by atoms with Crippen molar-refractivity contribution < 1.29 is 0 Å². The number of imidazole rings is 1. The molecule has 0 aliphatic rings. The van der Waals surface area contributed by atoms with Gasteiger partial charge in [-0.25, -0.2) is 4.98 Å². The van der Waals surface area contributed by atoms with Gasteiger partial charge in [-0.3, -0.25) is 0 Å². The first-order chi connectivity index (χ1) is 5.47. The van der Waals surface area contributed by atoms with Gasteiger partial charge in [-0.1, -0.05) is 20.8 Å². The number of aryl methyl sites for hydroxylation is 1. The highest BCUT2D eigenvalue weighted by molar-refractivity contribution is 5.22. The van der Waals surface area contributed by atoms with Gasteiger partial charge in [0.25, 0.3) is 0 Å². The second-order valence-electron chi connectivity index (χ2n) is 4.35. The van der Waals surface area contributed by atoms with Crippen molar-refractivity contribution in [2.45, 2.75) is 33.7 Å². The minimum absolute atomic E-state index is 0.374. The average Bonchev–Trinajstić information content (AvgIpc) is 2.30. The van der Waals surface area contributed by atoms with Gasteiger partial charge in [-0.15, -0.1) is 0 Å². The van der Waals surface area contributed by atoms with Crippen molar-refractivity contribution in [3.8, 4) is 0 Å². The molecule has 0 spiro atoms. The summed E-state index contributed by atoms with van der Waals surface area (Å²) in [6.07, 6.45) is 4.79. The zero-order chi connectivity index (χ0) is 9.19. The predicted octanol–water partition coefficient (Wildman–Crippen LogP) is 1.90. The monoisotopic (exact) mass is 167 g/mol. The van der Waals surface area contributed by atoms with Gasteiger partial charge in [0.2, 0.25) is 0 Å². The van der Waals surface area contributed by atoms with Gasteiger partial charge in [-0.2, -0.15) is 0 Å².